The van der Waals surface area contributed by atoms with Crippen LogP contribution in [0.3, 0.4) is 0 Å². The van der Waals surface area contributed by atoms with Gasteiger partial charge in [0.05, 0.1) is 12.2 Å². The molecule has 2 aliphatic heterocycles. The highest BCUT2D eigenvalue weighted by Gasteiger charge is 2.41. The zero-order valence-electron chi connectivity index (χ0n) is 15.6. The number of aliphatic hydroxyl groups is 1. The normalized spacial score (nSPS) is 19.7. The quantitative estimate of drug-likeness (QED) is 0.866. The Morgan fingerprint density at radius 1 is 1.31 bits per heavy atom. The summed E-state index contributed by atoms with van der Waals surface area (Å²) in [5, 5.41) is 9.19. The van der Waals surface area contributed by atoms with Gasteiger partial charge in [0, 0.05) is 52.9 Å². The number of rotatable bonds is 4. The fourth-order valence-corrected chi connectivity index (χ4v) is 4.08. The number of piperidine rings is 2. The second-order valence-electron chi connectivity index (χ2n) is 7.60. The van der Waals surface area contributed by atoms with Gasteiger partial charge in [0.2, 0.25) is 5.91 Å². The standard InChI is InChI=1S/C19H28N4O3/c1-21(2)18(26)15-4-3-9-20-17(15)22-10-7-19(8-11-22)6-5-16(25)23(14-19)12-13-24/h3-4,9,24H,5-8,10-14H2,1-2H3. The van der Waals surface area contributed by atoms with E-state index in [0.29, 0.717) is 18.5 Å². The topological polar surface area (TPSA) is 77.0 Å². The first-order valence-corrected chi connectivity index (χ1v) is 9.26. The van der Waals surface area contributed by atoms with Gasteiger partial charge in [-0.25, -0.2) is 4.98 Å². The van der Waals surface area contributed by atoms with Gasteiger partial charge in [-0.2, -0.15) is 0 Å². The van der Waals surface area contributed by atoms with Gasteiger partial charge in [-0.05, 0) is 36.8 Å². The Morgan fingerprint density at radius 3 is 2.69 bits per heavy atom. The summed E-state index contributed by atoms with van der Waals surface area (Å²) in [4.78, 5) is 34.5. The maximum Gasteiger partial charge on any atom is 0.257 e. The summed E-state index contributed by atoms with van der Waals surface area (Å²) in [5.41, 5.74) is 0.759. The van der Waals surface area contributed by atoms with Gasteiger partial charge >= 0.3 is 0 Å². The molecule has 142 valence electrons. The molecule has 0 unspecified atom stereocenters. The summed E-state index contributed by atoms with van der Waals surface area (Å²) < 4.78 is 0. The largest absolute Gasteiger partial charge is 0.395 e. The molecule has 1 spiro atoms. The molecule has 3 rings (SSSR count). The van der Waals surface area contributed by atoms with Gasteiger partial charge < -0.3 is 19.8 Å². The van der Waals surface area contributed by atoms with E-state index >= 15 is 0 Å². The number of anilines is 1. The van der Waals surface area contributed by atoms with Crippen LogP contribution in [0.5, 0.6) is 0 Å². The van der Waals surface area contributed by atoms with Crippen molar-refractivity contribution in [3.8, 4) is 0 Å². The van der Waals surface area contributed by atoms with Crippen LogP contribution in [0, 0.1) is 5.41 Å². The molecule has 1 aromatic heterocycles. The molecular weight excluding hydrogens is 332 g/mol. The first-order valence-electron chi connectivity index (χ1n) is 9.26. The smallest absolute Gasteiger partial charge is 0.257 e. The Balaban J connectivity index is 1.71. The van der Waals surface area contributed by atoms with E-state index < -0.39 is 0 Å². The van der Waals surface area contributed by atoms with Gasteiger partial charge in [-0.15, -0.1) is 0 Å². The lowest BCUT2D eigenvalue weighted by atomic mass is 9.72. The van der Waals surface area contributed by atoms with Gasteiger partial charge in [0.25, 0.3) is 5.91 Å². The first-order chi connectivity index (χ1) is 12.5. The predicted molar refractivity (Wildman–Crippen MR) is 99.0 cm³/mol. The Hall–Kier alpha value is -2.15. The number of hydrogen-bond acceptors (Lipinski definition) is 5. The summed E-state index contributed by atoms with van der Waals surface area (Å²) >= 11 is 0. The fraction of sp³-hybridized carbons (Fsp3) is 0.632. The summed E-state index contributed by atoms with van der Waals surface area (Å²) in [7, 11) is 3.50. The molecule has 1 N–H and O–H groups in total. The summed E-state index contributed by atoms with van der Waals surface area (Å²) in [6.45, 7) is 2.81. The number of amides is 2. The maximum atomic E-state index is 12.4. The average Bonchev–Trinajstić information content (AvgIpc) is 2.65. The van der Waals surface area contributed by atoms with E-state index in [2.05, 4.69) is 9.88 Å². The number of likely N-dealkylation sites (tertiary alicyclic amines) is 1. The van der Waals surface area contributed by atoms with E-state index in [9.17, 15) is 14.7 Å². The van der Waals surface area contributed by atoms with Crippen LogP contribution in [-0.4, -0.2) is 78.6 Å². The minimum Gasteiger partial charge on any atom is -0.395 e. The van der Waals surface area contributed by atoms with Crippen molar-refractivity contribution in [1.82, 2.24) is 14.8 Å². The summed E-state index contributed by atoms with van der Waals surface area (Å²) in [5.74, 6) is 0.863. The van der Waals surface area contributed by atoms with Crippen molar-refractivity contribution in [2.45, 2.75) is 25.7 Å². The molecule has 0 aromatic carbocycles. The number of carbonyl (C=O) groups excluding carboxylic acids is 2. The summed E-state index contributed by atoms with van der Waals surface area (Å²) in [6.07, 6.45) is 5.14. The number of aliphatic hydroxyl groups excluding tert-OH is 1. The van der Waals surface area contributed by atoms with Crippen molar-refractivity contribution in [3.05, 3.63) is 23.9 Å². The first kappa shape index (κ1) is 18.6. The maximum absolute atomic E-state index is 12.4. The van der Waals surface area contributed by atoms with Crippen LogP contribution in [0.25, 0.3) is 0 Å². The number of nitrogens with zero attached hydrogens (tertiary/aromatic N) is 4. The Morgan fingerprint density at radius 2 is 2.04 bits per heavy atom. The van der Waals surface area contributed by atoms with Crippen molar-refractivity contribution in [3.63, 3.8) is 0 Å². The van der Waals surface area contributed by atoms with Gasteiger partial charge in [0.1, 0.15) is 5.82 Å². The van der Waals surface area contributed by atoms with Gasteiger partial charge in [-0.1, -0.05) is 0 Å². The zero-order valence-corrected chi connectivity index (χ0v) is 15.6. The number of hydrogen-bond donors (Lipinski definition) is 1. The number of aromatic nitrogens is 1. The molecule has 0 bridgehead atoms. The number of carbonyl (C=O) groups is 2. The Labute approximate surface area is 154 Å². The summed E-state index contributed by atoms with van der Waals surface area (Å²) in [6, 6.07) is 3.63. The van der Waals surface area contributed by atoms with Crippen LogP contribution in [-0.2, 0) is 4.79 Å². The second-order valence-corrected chi connectivity index (χ2v) is 7.60. The Bertz CT molecular complexity index is 669. The number of pyridine rings is 1. The van der Waals surface area contributed by atoms with Gasteiger partial charge in [-0.3, -0.25) is 9.59 Å². The third kappa shape index (κ3) is 3.67. The minimum atomic E-state index is -0.0363. The molecule has 2 fully saturated rings. The van der Waals surface area contributed by atoms with Crippen molar-refractivity contribution in [1.29, 1.82) is 0 Å². The van der Waals surface area contributed by atoms with E-state index in [1.54, 1.807) is 36.2 Å². The molecule has 0 aliphatic carbocycles. The highest BCUT2D eigenvalue weighted by molar-refractivity contribution is 5.98. The molecule has 26 heavy (non-hydrogen) atoms. The lowest BCUT2D eigenvalue weighted by molar-refractivity contribution is -0.138. The average molecular weight is 360 g/mol. The van der Waals surface area contributed by atoms with Crippen molar-refractivity contribution in [2.75, 3.05) is 51.8 Å². The van der Waals surface area contributed by atoms with Crippen LogP contribution < -0.4 is 4.90 Å². The monoisotopic (exact) mass is 360 g/mol. The number of β-amino-alcohol motifs (C(OH)–C–C–N with tert-alkyl or cyclic N) is 1. The van der Waals surface area contributed by atoms with E-state index in [1.807, 2.05) is 6.07 Å². The fourth-order valence-electron chi connectivity index (χ4n) is 4.08. The molecule has 0 atom stereocenters. The van der Waals surface area contributed by atoms with Crippen molar-refractivity contribution in [2.24, 2.45) is 5.41 Å². The SMILES string of the molecule is CN(C)C(=O)c1cccnc1N1CCC2(CCC(=O)N(CCO)C2)CC1. The molecule has 1 aromatic rings. The molecule has 7 heteroatoms. The molecule has 0 radical (unpaired) electrons. The van der Waals surface area contributed by atoms with E-state index in [1.165, 1.54) is 0 Å². The second kappa shape index (κ2) is 7.61. The predicted octanol–water partition coefficient (Wildman–Crippen LogP) is 0.985. The lowest BCUT2D eigenvalue weighted by Crippen LogP contribution is -2.52. The van der Waals surface area contributed by atoms with E-state index in [0.717, 1.165) is 44.7 Å². The van der Waals surface area contributed by atoms with Gasteiger partial charge in [0.15, 0.2) is 0 Å². The molecule has 2 aliphatic rings. The third-order valence-electron chi connectivity index (χ3n) is 5.66. The molecular formula is C19H28N4O3. The highest BCUT2D eigenvalue weighted by atomic mass is 16.3. The highest BCUT2D eigenvalue weighted by Crippen LogP contribution is 2.41. The van der Waals surface area contributed by atoms with Crippen LogP contribution in [0.15, 0.2) is 18.3 Å². The lowest BCUT2D eigenvalue weighted by Gasteiger charge is -2.47. The van der Waals surface area contributed by atoms with Crippen LogP contribution in [0.2, 0.25) is 0 Å². The van der Waals surface area contributed by atoms with Crippen LogP contribution >= 0.6 is 0 Å². The van der Waals surface area contributed by atoms with Crippen LogP contribution in [0.4, 0.5) is 5.82 Å². The molecule has 2 amide bonds. The van der Waals surface area contributed by atoms with Crippen molar-refractivity contribution < 1.29 is 14.7 Å². The zero-order chi connectivity index (χ0) is 18.7. The third-order valence-corrected chi connectivity index (χ3v) is 5.66. The molecule has 0 saturated carbocycles. The van der Waals surface area contributed by atoms with E-state index in [4.69, 9.17) is 0 Å². The molecule has 7 nitrogen and oxygen atoms in total. The van der Waals surface area contributed by atoms with Crippen LogP contribution in [0.1, 0.15) is 36.0 Å². The van der Waals surface area contributed by atoms with E-state index in [-0.39, 0.29) is 23.8 Å². The van der Waals surface area contributed by atoms with Crippen molar-refractivity contribution >= 4 is 17.6 Å². The molecule has 3 heterocycles. The minimum absolute atomic E-state index is 0.0118. The Kier molecular flexibility index (Phi) is 5.46. The molecule has 2 saturated heterocycles.